The molecular formula is C23H25ClFN3O2. The topological polar surface area (TPSA) is 61.4 Å². The van der Waals surface area contributed by atoms with Crippen LogP contribution in [0.3, 0.4) is 0 Å². The highest BCUT2D eigenvalue weighted by molar-refractivity contribution is 6.30. The Hall–Kier alpha value is -2.44. The normalized spacial score (nSPS) is 23.2. The van der Waals surface area contributed by atoms with Gasteiger partial charge in [-0.3, -0.25) is 14.5 Å². The van der Waals surface area contributed by atoms with Gasteiger partial charge in [0.15, 0.2) is 0 Å². The molecule has 2 amide bonds. The molecule has 2 heterocycles. The van der Waals surface area contributed by atoms with Gasteiger partial charge in [0.25, 0.3) is 5.91 Å². The summed E-state index contributed by atoms with van der Waals surface area (Å²) in [4.78, 5) is 27.0. The predicted molar refractivity (Wildman–Crippen MR) is 114 cm³/mol. The van der Waals surface area contributed by atoms with Crippen molar-refractivity contribution in [2.75, 3.05) is 6.54 Å². The Morgan fingerprint density at radius 3 is 2.43 bits per heavy atom. The van der Waals surface area contributed by atoms with Crippen molar-refractivity contribution in [2.45, 2.75) is 50.4 Å². The van der Waals surface area contributed by atoms with Crippen LogP contribution < -0.4 is 10.6 Å². The Balaban J connectivity index is 1.26. The first-order valence-electron chi connectivity index (χ1n) is 10.3. The zero-order valence-electron chi connectivity index (χ0n) is 16.6. The van der Waals surface area contributed by atoms with E-state index in [0.29, 0.717) is 22.7 Å². The molecule has 2 N–H and O–H groups in total. The summed E-state index contributed by atoms with van der Waals surface area (Å²) in [5.41, 5.74) is 1.54. The molecule has 0 spiro atoms. The Morgan fingerprint density at radius 1 is 1.07 bits per heavy atom. The molecule has 0 saturated carbocycles. The van der Waals surface area contributed by atoms with Crippen LogP contribution in [0.5, 0.6) is 0 Å². The number of halogens is 2. The number of nitrogens with zero attached hydrogens (tertiary/aromatic N) is 1. The van der Waals surface area contributed by atoms with E-state index in [-0.39, 0.29) is 30.2 Å². The molecule has 4 rings (SSSR count). The van der Waals surface area contributed by atoms with Crippen LogP contribution in [-0.2, 0) is 11.3 Å². The Kier molecular flexibility index (Phi) is 6.35. The standard InChI is InChI=1S/C23H25ClFN3O2/c24-17-3-1-2-16(10-17)23(30)26-13-22(29)27-19-11-20-8-9-21(12-19)28(20)14-15-4-6-18(25)7-5-15/h1-7,10,19-21H,8-9,11-14H2,(H,26,30)(H,27,29)/t19?,20-,21+. The van der Waals surface area contributed by atoms with E-state index < -0.39 is 0 Å². The second-order valence-electron chi connectivity index (χ2n) is 8.11. The maximum absolute atomic E-state index is 13.1. The average molecular weight is 430 g/mol. The molecule has 2 bridgehead atoms. The van der Waals surface area contributed by atoms with Crippen molar-refractivity contribution in [3.8, 4) is 0 Å². The molecule has 2 fully saturated rings. The molecule has 2 aliphatic heterocycles. The molecule has 2 aromatic carbocycles. The van der Waals surface area contributed by atoms with Gasteiger partial charge >= 0.3 is 0 Å². The van der Waals surface area contributed by atoms with Crippen molar-refractivity contribution in [3.63, 3.8) is 0 Å². The van der Waals surface area contributed by atoms with Gasteiger partial charge in [-0.2, -0.15) is 0 Å². The minimum atomic E-state index is -0.318. The highest BCUT2D eigenvalue weighted by Gasteiger charge is 2.40. The third-order valence-electron chi connectivity index (χ3n) is 6.02. The number of hydrogen-bond acceptors (Lipinski definition) is 3. The number of fused-ring (bicyclic) bond motifs is 2. The van der Waals surface area contributed by atoms with Crippen molar-refractivity contribution in [1.82, 2.24) is 15.5 Å². The van der Waals surface area contributed by atoms with Crippen molar-refractivity contribution in [2.24, 2.45) is 0 Å². The van der Waals surface area contributed by atoms with Crippen molar-refractivity contribution < 1.29 is 14.0 Å². The molecule has 0 aromatic heterocycles. The molecule has 30 heavy (non-hydrogen) atoms. The maximum Gasteiger partial charge on any atom is 0.251 e. The first kappa shape index (κ1) is 20.8. The fraction of sp³-hybridized carbons (Fsp3) is 0.391. The van der Waals surface area contributed by atoms with E-state index in [1.807, 2.05) is 12.1 Å². The van der Waals surface area contributed by atoms with Crippen LogP contribution in [-0.4, -0.2) is 41.4 Å². The molecular weight excluding hydrogens is 405 g/mol. The lowest BCUT2D eigenvalue weighted by atomic mass is 9.96. The maximum atomic E-state index is 13.1. The number of carbonyl (C=O) groups excluding carboxylic acids is 2. The van der Waals surface area contributed by atoms with Gasteiger partial charge in [0, 0.05) is 35.3 Å². The monoisotopic (exact) mass is 429 g/mol. The smallest absolute Gasteiger partial charge is 0.251 e. The Labute approximate surface area is 180 Å². The quantitative estimate of drug-likeness (QED) is 0.738. The molecule has 0 radical (unpaired) electrons. The first-order valence-corrected chi connectivity index (χ1v) is 10.7. The van der Waals surface area contributed by atoms with Crippen LogP contribution in [0.15, 0.2) is 48.5 Å². The summed E-state index contributed by atoms with van der Waals surface area (Å²) in [6, 6.07) is 14.3. The largest absolute Gasteiger partial charge is 0.352 e. The number of rotatable bonds is 6. The second-order valence-corrected chi connectivity index (χ2v) is 8.55. The summed E-state index contributed by atoms with van der Waals surface area (Å²) >= 11 is 5.90. The number of carbonyl (C=O) groups is 2. The summed E-state index contributed by atoms with van der Waals surface area (Å²) < 4.78 is 13.1. The van der Waals surface area contributed by atoms with E-state index >= 15 is 0 Å². The van der Waals surface area contributed by atoms with Gasteiger partial charge in [-0.1, -0.05) is 29.8 Å². The van der Waals surface area contributed by atoms with E-state index in [1.54, 1.807) is 24.3 Å². The minimum Gasteiger partial charge on any atom is -0.352 e. The van der Waals surface area contributed by atoms with Crippen LogP contribution in [0.25, 0.3) is 0 Å². The van der Waals surface area contributed by atoms with Crippen molar-refractivity contribution >= 4 is 23.4 Å². The van der Waals surface area contributed by atoms with E-state index in [4.69, 9.17) is 11.6 Å². The SMILES string of the molecule is O=C(CNC(=O)c1cccc(Cl)c1)NC1C[C@H]2CC[C@@H](C1)N2Cc1ccc(F)cc1. The van der Waals surface area contributed by atoms with E-state index in [2.05, 4.69) is 15.5 Å². The van der Waals surface area contributed by atoms with Gasteiger partial charge in [0.1, 0.15) is 5.82 Å². The molecule has 158 valence electrons. The van der Waals surface area contributed by atoms with Crippen LogP contribution in [0.2, 0.25) is 5.02 Å². The molecule has 2 saturated heterocycles. The van der Waals surface area contributed by atoms with Gasteiger partial charge in [-0.05, 0) is 61.6 Å². The Morgan fingerprint density at radius 2 is 1.77 bits per heavy atom. The molecule has 5 nitrogen and oxygen atoms in total. The van der Waals surface area contributed by atoms with Crippen molar-refractivity contribution in [1.29, 1.82) is 0 Å². The van der Waals surface area contributed by atoms with Crippen molar-refractivity contribution in [3.05, 3.63) is 70.5 Å². The van der Waals surface area contributed by atoms with E-state index in [9.17, 15) is 14.0 Å². The van der Waals surface area contributed by atoms with Crippen LogP contribution in [0, 0.1) is 5.82 Å². The van der Waals surface area contributed by atoms with Crippen LogP contribution in [0.4, 0.5) is 4.39 Å². The fourth-order valence-corrected chi connectivity index (χ4v) is 4.81. The van der Waals surface area contributed by atoms with Gasteiger partial charge in [0.05, 0.1) is 6.54 Å². The molecule has 3 atom stereocenters. The summed E-state index contributed by atoms with van der Waals surface area (Å²) in [6.45, 7) is 0.752. The van der Waals surface area contributed by atoms with E-state index in [1.165, 1.54) is 12.1 Å². The average Bonchev–Trinajstić information content (AvgIpc) is 2.95. The van der Waals surface area contributed by atoms with Gasteiger partial charge in [0.2, 0.25) is 5.91 Å². The summed E-state index contributed by atoms with van der Waals surface area (Å²) in [5.74, 6) is -0.714. The number of amides is 2. The molecule has 1 unspecified atom stereocenters. The first-order chi connectivity index (χ1) is 14.5. The fourth-order valence-electron chi connectivity index (χ4n) is 4.62. The third-order valence-corrected chi connectivity index (χ3v) is 6.26. The molecule has 2 aromatic rings. The zero-order valence-corrected chi connectivity index (χ0v) is 17.4. The molecule has 2 aliphatic rings. The zero-order chi connectivity index (χ0) is 21.1. The highest BCUT2D eigenvalue weighted by Crippen LogP contribution is 2.36. The highest BCUT2D eigenvalue weighted by atomic mass is 35.5. The molecule has 7 heteroatoms. The molecule has 0 aliphatic carbocycles. The Bertz CT molecular complexity index is 907. The van der Waals surface area contributed by atoms with Crippen LogP contribution in [0.1, 0.15) is 41.6 Å². The number of nitrogens with one attached hydrogen (secondary N) is 2. The second kappa shape index (κ2) is 9.14. The van der Waals surface area contributed by atoms with Gasteiger partial charge < -0.3 is 10.6 Å². The number of benzene rings is 2. The summed E-state index contributed by atoms with van der Waals surface area (Å²) in [5, 5.41) is 6.20. The minimum absolute atomic E-state index is 0.0591. The predicted octanol–water partition coefficient (Wildman–Crippen LogP) is 3.52. The van der Waals surface area contributed by atoms with Crippen LogP contribution >= 0.6 is 11.6 Å². The van der Waals surface area contributed by atoms with Gasteiger partial charge in [-0.25, -0.2) is 4.39 Å². The lowest BCUT2D eigenvalue weighted by Crippen LogP contribution is -2.51. The van der Waals surface area contributed by atoms with E-state index in [0.717, 1.165) is 37.8 Å². The lowest BCUT2D eigenvalue weighted by molar-refractivity contribution is -0.121. The van der Waals surface area contributed by atoms with Gasteiger partial charge in [-0.15, -0.1) is 0 Å². The summed E-state index contributed by atoms with van der Waals surface area (Å²) in [7, 11) is 0. The number of hydrogen-bond donors (Lipinski definition) is 2. The third kappa shape index (κ3) is 4.99. The lowest BCUT2D eigenvalue weighted by Gasteiger charge is -2.39. The summed E-state index contributed by atoms with van der Waals surface area (Å²) in [6.07, 6.45) is 4.02. The number of piperidine rings is 1.